The number of nitro groups is 1. The molecule has 0 bridgehead atoms. The fraction of sp³-hybridized carbons (Fsp3) is 0.278. The lowest BCUT2D eigenvalue weighted by Gasteiger charge is -2.18. The second-order valence-electron chi connectivity index (χ2n) is 5.56. The average molecular weight is 359 g/mol. The van der Waals surface area contributed by atoms with E-state index in [1.54, 1.807) is 6.07 Å². The number of hydrogen-bond acceptors (Lipinski definition) is 4. The molecule has 2 aromatic rings. The van der Waals surface area contributed by atoms with Crippen molar-refractivity contribution < 1.29 is 9.66 Å². The zero-order valence-corrected chi connectivity index (χ0v) is 15.2. The summed E-state index contributed by atoms with van der Waals surface area (Å²) in [6, 6.07) is 12.7. The van der Waals surface area contributed by atoms with Crippen molar-refractivity contribution in [3.63, 3.8) is 0 Å². The Kier molecular flexibility index (Phi) is 6.30. The minimum absolute atomic E-state index is 0.0231. The number of aryl methyl sites for hydroxylation is 1. The number of nitro benzene ring substituents is 1. The van der Waals surface area contributed by atoms with Gasteiger partial charge < -0.3 is 15.4 Å². The summed E-state index contributed by atoms with van der Waals surface area (Å²) >= 11 is 5.34. The number of thiocarbonyl (C=S) groups is 1. The molecule has 0 fully saturated rings. The van der Waals surface area contributed by atoms with Crippen molar-refractivity contribution in [2.75, 3.05) is 12.4 Å². The monoisotopic (exact) mass is 359 g/mol. The summed E-state index contributed by atoms with van der Waals surface area (Å²) in [5, 5.41) is 17.5. The van der Waals surface area contributed by atoms with Crippen LogP contribution in [-0.4, -0.2) is 17.1 Å². The maximum Gasteiger partial charge on any atom is 0.273 e. The molecular formula is C18H21N3O3S. The van der Waals surface area contributed by atoms with Crippen LogP contribution in [0.3, 0.4) is 0 Å². The van der Waals surface area contributed by atoms with Gasteiger partial charge in [-0.1, -0.05) is 31.2 Å². The summed E-state index contributed by atoms with van der Waals surface area (Å²) in [4.78, 5) is 10.4. The number of nitrogens with zero attached hydrogens (tertiary/aromatic N) is 1. The number of nitrogens with one attached hydrogen (secondary N) is 2. The van der Waals surface area contributed by atoms with E-state index < -0.39 is 4.92 Å². The van der Waals surface area contributed by atoms with Gasteiger partial charge in [-0.2, -0.15) is 0 Å². The van der Waals surface area contributed by atoms with Crippen molar-refractivity contribution in [2.45, 2.75) is 26.3 Å². The summed E-state index contributed by atoms with van der Waals surface area (Å²) in [5.74, 6) is 0.360. The largest absolute Gasteiger partial charge is 0.494 e. The van der Waals surface area contributed by atoms with Crippen LogP contribution in [0.5, 0.6) is 5.75 Å². The predicted molar refractivity (Wildman–Crippen MR) is 103 cm³/mol. The third-order valence-corrected chi connectivity index (χ3v) is 4.10. The number of non-ortho nitro benzene ring substituents is 1. The van der Waals surface area contributed by atoms with Crippen LogP contribution in [0.25, 0.3) is 0 Å². The summed E-state index contributed by atoms with van der Waals surface area (Å²) in [5.41, 5.74) is 2.94. The van der Waals surface area contributed by atoms with Gasteiger partial charge in [0.2, 0.25) is 0 Å². The van der Waals surface area contributed by atoms with Gasteiger partial charge in [0.05, 0.1) is 29.8 Å². The average Bonchev–Trinajstić information content (AvgIpc) is 2.61. The number of anilines is 1. The molecule has 0 saturated heterocycles. The SMILES string of the molecule is CCc1ccc(C(C)NC(=S)Nc2ccc([N+](=O)[O-])cc2OC)cc1. The summed E-state index contributed by atoms with van der Waals surface area (Å²) in [6.07, 6.45) is 1.00. The van der Waals surface area contributed by atoms with E-state index in [1.165, 1.54) is 24.8 Å². The van der Waals surface area contributed by atoms with Crippen LogP contribution in [0.2, 0.25) is 0 Å². The number of rotatable bonds is 6. The van der Waals surface area contributed by atoms with Crippen LogP contribution >= 0.6 is 12.2 Å². The molecule has 0 aliphatic rings. The third kappa shape index (κ3) is 4.90. The predicted octanol–water partition coefficient (Wildman–Crippen LogP) is 4.21. The molecule has 0 aliphatic heterocycles. The molecule has 6 nitrogen and oxygen atoms in total. The van der Waals surface area contributed by atoms with Gasteiger partial charge in [0.1, 0.15) is 5.75 Å². The summed E-state index contributed by atoms with van der Waals surface area (Å²) in [6.45, 7) is 4.13. The number of hydrogen-bond donors (Lipinski definition) is 2. The van der Waals surface area contributed by atoms with Crippen LogP contribution in [0.15, 0.2) is 42.5 Å². The topological polar surface area (TPSA) is 76.4 Å². The Bertz CT molecular complexity index is 763. The second-order valence-corrected chi connectivity index (χ2v) is 5.97. The highest BCUT2D eigenvalue weighted by molar-refractivity contribution is 7.80. The third-order valence-electron chi connectivity index (χ3n) is 3.88. The van der Waals surface area contributed by atoms with Gasteiger partial charge in [-0.05, 0) is 42.8 Å². The van der Waals surface area contributed by atoms with E-state index in [0.717, 1.165) is 12.0 Å². The van der Waals surface area contributed by atoms with E-state index in [-0.39, 0.29) is 11.7 Å². The molecule has 2 N–H and O–H groups in total. The lowest BCUT2D eigenvalue weighted by molar-refractivity contribution is -0.384. The van der Waals surface area contributed by atoms with E-state index >= 15 is 0 Å². The van der Waals surface area contributed by atoms with Crippen molar-refractivity contribution >= 4 is 28.7 Å². The van der Waals surface area contributed by atoms with Gasteiger partial charge in [-0.15, -0.1) is 0 Å². The molecule has 0 spiro atoms. The molecule has 2 rings (SSSR count). The molecule has 1 atom stereocenters. The van der Waals surface area contributed by atoms with Crippen LogP contribution in [0.4, 0.5) is 11.4 Å². The highest BCUT2D eigenvalue weighted by Gasteiger charge is 2.13. The highest BCUT2D eigenvalue weighted by Crippen LogP contribution is 2.29. The zero-order valence-electron chi connectivity index (χ0n) is 14.4. The fourth-order valence-corrected chi connectivity index (χ4v) is 2.66. The molecule has 2 aromatic carbocycles. The molecule has 0 heterocycles. The Morgan fingerprint density at radius 1 is 1.28 bits per heavy atom. The van der Waals surface area contributed by atoms with Crippen molar-refractivity contribution in [1.82, 2.24) is 5.32 Å². The zero-order chi connectivity index (χ0) is 18.4. The first-order chi connectivity index (χ1) is 11.9. The number of ether oxygens (including phenoxy) is 1. The van der Waals surface area contributed by atoms with Crippen molar-refractivity contribution in [3.8, 4) is 5.75 Å². The quantitative estimate of drug-likeness (QED) is 0.457. The van der Waals surface area contributed by atoms with Crippen molar-refractivity contribution in [2.24, 2.45) is 0 Å². The Morgan fingerprint density at radius 3 is 2.52 bits per heavy atom. The van der Waals surface area contributed by atoms with E-state index in [9.17, 15) is 10.1 Å². The molecule has 7 heteroatoms. The van der Waals surface area contributed by atoms with Crippen molar-refractivity contribution in [3.05, 3.63) is 63.7 Å². The molecule has 25 heavy (non-hydrogen) atoms. The number of methoxy groups -OCH3 is 1. The minimum Gasteiger partial charge on any atom is -0.494 e. The molecule has 1 unspecified atom stereocenters. The highest BCUT2D eigenvalue weighted by atomic mass is 32.1. The molecule has 0 radical (unpaired) electrons. The Balaban J connectivity index is 2.05. The Hall–Kier alpha value is -2.67. The molecule has 132 valence electrons. The molecule has 0 aliphatic carbocycles. The van der Waals surface area contributed by atoms with E-state index in [2.05, 4.69) is 41.8 Å². The molecule has 0 saturated carbocycles. The van der Waals surface area contributed by atoms with Crippen LogP contribution < -0.4 is 15.4 Å². The van der Waals surface area contributed by atoms with Gasteiger partial charge in [0.15, 0.2) is 5.11 Å². The molecule has 0 amide bonds. The van der Waals surface area contributed by atoms with E-state index in [1.807, 2.05) is 6.92 Å². The molecule has 0 aromatic heterocycles. The standard InChI is InChI=1S/C18H21N3O3S/c1-4-13-5-7-14(8-6-13)12(2)19-18(25)20-16-10-9-15(21(22)23)11-17(16)24-3/h5-12H,4H2,1-3H3,(H2,19,20,25). The lowest BCUT2D eigenvalue weighted by atomic mass is 10.1. The van der Waals surface area contributed by atoms with Gasteiger partial charge in [-0.3, -0.25) is 10.1 Å². The normalized spacial score (nSPS) is 11.5. The smallest absolute Gasteiger partial charge is 0.273 e. The minimum atomic E-state index is -0.467. The van der Waals surface area contributed by atoms with Crippen LogP contribution in [0, 0.1) is 10.1 Å². The Labute approximate surface area is 152 Å². The first kappa shape index (κ1) is 18.7. The van der Waals surface area contributed by atoms with Gasteiger partial charge in [0.25, 0.3) is 5.69 Å². The van der Waals surface area contributed by atoms with E-state index in [4.69, 9.17) is 17.0 Å². The van der Waals surface area contributed by atoms with Gasteiger partial charge in [0, 0.05) is 6.07 Å². The first-order valence-electron chi connectivity index (χ1n) is 7.93. The van der Waals surface area contributed by atoms with Gasteiger partial charge >= 0.3 is 0 Å². The number of benzene rings is 2. The lowest BCUT2D eigenvalue weighted by Crippen LogP contribution is -2.31. The summed E-state index contributed by atoms with van der Waals surface area (Å²) in [7, 11) is 1.46. The summed E-state index contributed by atoms with van der Waals surface area (Å²) < 4.78 is 5.20. The molecular weight excluding hydrogens is 338 g/mol. The van der Waals surface area contributed by atoms with Crippen LogP contribution in [0.1, 0.15) is 31.0 Å². The maximum absolute atomic E-state index is 10.8. The van der Waals surface area contributed by atoms with E-state index in [0.29, 0.717) is 16.5 Å². The first-order valence-corrected chi connectivity index (χ1v) is 8.34. The van der Waals surface area contributed by atoms with Crippen LogP contribution in [-0.2, 0) is 6.42 Å². The Morgan fingerprint density at radius 2 is 1.96 bits per heavy atom. The fourth-order valence-electron chi connectivity index (χ4n) is 2.38. The van der Waals surface area contributed by atoms with Crippen molar-refractivity contribution in [1.29, 1.82) is 0 Å². The maximum atomic E-state index is 10.8. The second kappa shape index (κ2) is 8.43. The van der Waals surface area contributed by atoms with Gasteiger partial charge in [-0.25, -0.2) is 0 Å².